The first kappa shape index (κ1) is 13.7. The fraction of sp³-hybridized carbons (Fsp3) is 0.727. The molecule has 92 valence electrons. The minimum atomic E-state index is 0.0244. The molecule has 0 aliphatic heterocycles. The van der Waals surface area contributed by atoms with Crippen LogP contribution in [0, 0.1) is 0 Å². The van der Waals surface area contributed by atoms with Gasteiger partial charge in [0, 0.05) is 26.1 Å². The highest BCUT2D eigenvalue weighted by Crippen LogP contribution is 2.22. The van der Waals surface area contributed by atoms with Crippen LogP contribution in [0.4, 0.5) is 0 Å². The Hall–Kier alpha value is -0.390. The number of hydrogen-bond acceptors (Lipinski definition) is 3. The van der Waals surface area contributed by atoms with Crippen molar-refractivity contribution in [2.24, 2.45) is 12.8 Å². The van der Waals surface area contributed by atoms with Crippen molar-refractivity contribution >= 4 is 15.9 Å². The number of nitrogens with zero attached hydrogens (tertiary/aromatic N) is 2. The Labute approximate surface area is 105 Å². The maximum absolute atomic E-state index is 5.99. The van der Waals surface area contributed by atoms with Gasteiger partial charge in [-0.3, -0.25) is 4.68 Å². The van der Waals surface area contributed by atoms with E-state index in [0.717, 1.165) is 28.7 Å². The van der Waals surface area contributed by atoms with Gasteiger partial charge in [-0.25, -0.2) is 0 Å². The van der Waals surface area contributed by atoms with Gasteiger partial charge in [0.2, 0.25) is 0 Å². The molecular formula is C11H20BrN3O. The van der Waals surface area contributed by atoms with Gasteiger partial charge in [-0.15, -0.1) is 0 Å². The maximum atomic E-state index is 5.99. The molecule has 16 heavy (non-hydrogen) atoms. The monoisotopic (exact) mass is 289 g/mol. The molecule has 0 saturated heterocycles. The van der Waals surface area contributed by atoms with Gasteiger partial charge in [-0.2, -0.15) is 5.10 Å². The summed E-state index contributed by atoms with van der Waals surface area (Å²) in [5.74, 6) is 0. The highest BCUT2D eigenvalue weighted by molar-refractivity contribution is 9.10. The van der Waals surface area contributed by atoms with Gasteiger partial charge < -0.3 is 10.5 Å². The molecule has 0 aliphatic carbocycles. The first-order chi connectivity index (χ1) is 7.60. The summed E-state index contributed by atoms with van der Waals surface area (Å²) in [6.45, 7) is 5.37. The number of nitrogens with two attached hydrogens (primary N) is 1. The Balaban J connectivity index is 2.69. The van der Waals surface area contributed by atoms with Crippen molar-refractivity contribution in [3.05, 3.63) is 15.9 Å². The zero-order valence-corrected chi connectivity index (χ0v) is 11.7. The van der Waals surface area contributed by atoms with Gasteiger partial charge in [0.25, 0.3) is 0 Å². The van der Waals surface area contributed by atoms with Crippen LogP contribution in [0.5, 0.6) is 0 Å². The minimum absolute atomic E-state index is 0.0244. The molecule has 0 radical (unpaired) electrons. The predicted octanol–water partition coefficient (Wildman–Crippen LogP) is 1.65. The van der Waals surface area contributed by atoms with Crippen LogP contribution in [0.15, 0.2) is 4.47 Å². The molecule has 1 aromatic rings. The smallest absolute Gasteiger partial charge is 0.0766 e. The van der Waals surface area contributed by atoms with E-state index in [1.165, 1.54) is 0 Å². The lowest BCUT2D eigenvalue weighted by atomic mass is 10.1. The van der Waals surface area contributed by atoms with Gasteiger partial charge in [0.1, 0.15) is 0 Å². The van der Waals surface area contributed by atoms with Crippen molar-refractivity contribution in [1.82, 2.24) is 9.78 Å². The molecule has 1 heterocycles. The van der Waals surface area contributed by atoms with E-state index in [-0.39, 0.29) is 6.04 Å². The standard InChI is InChI=1S/C11H20BrN3O/c1-4-9-11(12)10(15(3)14-9)6-8(13)7-16-5-2/h8H,4-7,13H2,1-3H3. The average Bonchev–Trinajstić information content (AvgIpc) is 2.53. The molecule has 1 atom stereocenters. The Bertz CT molecular complexity index is 338. The first-order valence-electron chi connectivity index (χ1n) is 5.63. The van der Waals surface area contributed by atoms with Gasteiger partial charge >= 0.3 is 0 Å². The van der Waals surface area contributed by atoms with Gasteiger partial charge in [0.05, 0.1) is 22.5 Å². The van der Waals surface area contributed by atoms with E-state index in [9.17, 15) is 0 Å². The third-order valence-corrected chi connectivity index (χ3v) is 3.41. The normalized spacial score (nSPS) is 13.1. The van der Waals surface area contributed by atoms with Crippen molar-refractivity contribution in [3.8, 4) is 0 Å². The Morgan fingerprint density at radius 3 is 2.69 bits per heavy atom. The lowest BCUT2D eigenvalue weighted by Gasteiger charge is -2.11. The van der Waals surface area contributed by atoms with Crippen LogP contribution >= 0.6 is 15.9 Å². The third kappa shape index (κ3) is 3.30. The molecule has 0 spiro atoms. The average molecular weight is 290 g/mol. The summed E-state index contributed by atoms with van der Waals surface area (Å²) in [5.41, 5.74) is 8.22. The molecule has 0 bridgehead atoms. The quantitative estimate of drug-likeness (QED) is 0.866. The van der Waals surface area contributed by atoms with E-state index in [0.29, 0.717) is 13.2 Å². The summed E-state index contributed by atoms with van der Waals surface area (Å²) >= 11 is 3.58. The Morgan fingerprint density at radius 2 is 2.19 bits per heavy atom. The number of aryl methyl sites for hydroxylation is 2. The topological polar surface area (TPSA) is 53.1 Å². The molecule has 0 saturated carbocycles. The van der Waals surface area contributed by atoms with Crippen molar-refractivity contribution < 1.29 is 4.74 Å². The minimum Gasteiger partial charge on any atom is -0.380 e. The number of ether oxygens (including phenoxy) is 1. The lowest BCUT2D eigenvalue weighted by Crippen LogP contribution is -2.29. The van der Waals surface area contributed by atoms with Crippen LogP contribution in [-0.2, 0) is 24.6 Å². The molecule has 5 heteroatoms. The summed E-state index contributed by atoms with van der Waals surface area (Å²) < 4.78 is 8.30. The highest BCUT2D eigenvalue weighted by atomic mass is 79.9. The zero-order valence-electron chi connectivity index (χ0n) is 10.2. The molecular weight excluding hydrogens is 270 g/mol. The van der Waals surface area contributed by atoms with Crippen molar-refractivity contribution in [2.75, 3.05) is 13.2 Å². The van der Waals surface area contributed by atoms with Gasteiger partial charge in [-0.05, 0) is 29.3 Å². The van der Waals surface area contributed by atoms with E-state index in [4.69, 9.17) is 10.5 Å². The van der Waals surface area contributed by atoms with Crippen LogP contribution in [0.3, 0.4) is 0 Å². The molecule has 1 rings (SSSR count). The summed E-state index contributed by atoms with van der Waals surface area (Å²) in [5, 5.41) is 4.44. The fourth-order valence-corrected chi connectivity index (χ4v) is 2.40. The number of hydrogen-bond donors (Lipinski definition) is 1. The largest absolute Gasteiger partial charge is 0.380 e. The lowest BCUT2D eigenvalue weighted by molar-refractivity contribution is 0.132. The van der Waals surface area contributed by atoms with E-state index in [1.54, 1.807) is 0 Å². The third-order valence-electron chi connectivity index (χ3n) is 2.49. The van der Waals surface area contributed by atoms with Crippen LogP contribution in [0.1, 0.15) is 25.2 Å². The van der Waals surface area contributed by atoms with Gasteiger partial charge in [0.15, 0.2) is 0 Å². The van der Waals surface area contributed by atoms with E-state index in [2.05, 4.69) is 28.0 Å². The van der Waals surface area contributed by atoms with Crippen LogP contribution in [-0.4, -0.2) is 29.0 Å². The predicted molar refractivity (Wildman–Crippen MR) is 68.5 cm³/mol. The maximum Gasteiger partial charge on any atom is 0.0766 e. The molecule has 2 N–H and O–H groups in total. The molecule has 0 aliphatic rings. The Kier molecular flexibility index (Phi) is 5.44. The van der Waals surface area contributed by atoms with Crippen LogP contribution in [0.2, 0.25) is 0 Å². The molecule has 0 fully saturated rings. The zero-order chi connectivity index (χ0) is 12.1. The summed E-state index contributed by atoms with van der Waals surface area (Å²) in [6, 6.07) is 0.0244. The number of rotatable bonds is 6. The number of halogens is 1. The first-order valence-corrected chi connectivity index (χ1v) is 6.42. The highest BCUT2D eigenvalue weighted by Gasteiger charge is 2.15. The fourth-order valence-electron chi connectivity index (χ4n) is 1.62. The molecule has 1 aromatic heterocycles. The Morgan fingerprint density at radius 1 is 1.50 bits per heavy atom. The number of aromatic nitrogens is 2. The van der Waals surface area contributed by atoms with Crippen LogP contribution < -0.4 is 5.73 Å². The van der Waals surface area contributed by atoms with Crippen LogP contribution in [0.25, 0.3) is 0 Å². The van der Waals surface area contributed by atoms with E-state index < -0.39 is 0 Å². The molecule has 1 unspecified atom stereocenters. The summed E-state index contributed by atoms with van der Waals surface area (Å²) in [6.07, 6.45) is 1.71. The second-order valence-corrected chi connectivity index (χ2v) is 4.60. The summed E-state index contributed by atoms with van der Waals surface area (Å²) in [7, 11) is 1.95. The van der Waals surface area contributed by atoms with Crippen molar-refractivity contribution in [3.63, 3.8) is 0 Å². The molecule has 0 amide bonds. The van der Waals surface area contributed by atoms with Crippen molar-refractivity contribution in [2.45, 2.75) is 32.7 Å². The van der Waals surface area contributed by atoms with E-state index >= 15 is 0 Å². The summed E-state index contributed by atoms with van der Waals surface area (Å²) in [4.78, 5) is 0. The van der Waals surface area contributed by atoms with Crippen molar-refractivity contribution in [1.29, 1.82) is 0 Å². The molecule has 0 aromatic carbocycles. The van der Waals surface area contributed by atoms with E-state index in [1.807, 2.05) is 18.7 Å². The second kappa shape index (κ2) is 6.37. The van der Waals surface area contributed by atoms with Gasteiger partial charge in [-0.1, -0.05) is 6.92 Å². The second-order valence-electron chi connectivity index (χ2n) is 3.81. The SMILES string of the molecule is CCOCC(N)Cc1c(Br)c(CC)nn1C. The molecule has 4 nitrogen and oxygen atoms in total.